The summed E-state index contributed by atoms with van der Waals surface area (Å²) in [5.41, 5.74) is 5.34. The largest absolute Gasteiger partial charge is 0.489 e. The maximum Gasteiger partial charge on any atom is 0.213 e. The monoisotopic (exact) mass is 500 g/mol. The molecule has 4 aromatic carbocycles. The SMILES string of the molecule is Clc1ccc(COc2ccc([C@@H]3Oc4ccccc4[C@H]4CC(c5ccc(Cl)cc5)=NN43)cc2)cc1. The number of fused-ring (bicyclic) bond motifs is 3. The maximum atomic E-state index is 6.46. The van der Waals surface area contributed by atoms with Crippen molar-refractivity contribution in [2.75, 3.05) is 0 Å². The summed E-state index contributed by atoms with van der Waals surface area (Å²) in [6.45, 7) is 0.479. The molecule has 0 N–H and O–H groups in total. The van der Waals surface area contributed by atoms with Crippen molar-refractivity contribution >= 4 is 28.9 Å². The lowest BCUT2D eigenvalue weighted by Crippen LogP contribution is -2.33. The number of hydrogen-bond acceptors (Lipinski definition) is 4. The molecule has 0 fully saturated rings. The van der Waals surface area contributed by atoms with Crippen molar-refractivity contribution in [3.8, 4) is 11.5 Å². The van der Waals surface area contributed by atoms with E-state index in [1.54, 1.807) is 0 Å². The number of nitrogens with zero attached hydrogens (tertiary/aromatic N) is 2. The minimum Gasteiger partial charge on any atom is -0.489 e. The van der Waals surface area contributed by atoms with Gasteiger partial charge in [-0.1, -0.05) is 65.7 Å². The van der Waals surface area contributed by atoms with Crippen molar-refractivity contribution in [1.29, 1.82) is 0 Å². The highest BCUT2D eigenvalue weighted by atomic mass is 35.5. The van der Waals surface area contributed by atoms with Gasteiger partial charge in [0.05, 0.1) is 11.8 Å². The van der Waals surface area contributed by atoms with Gasteiger partial charge in [-0.2, -0.15) is 5.10 Å². The zero-order chi connectivity index (χ0) is 23.8. The summed E-state index contributed by atoms with van der Waals surface area (Å²) >= 11 is 12.1. The number of hydrogen-bond donors (Lipinski definition) is 0. The lowest BCUT2D eigenvalue weighted by atomic mass is 9.96. The summed E-state index contributed by atoms with van der Waals surface area (Å²) in [6, 6.07) is 31.9. The quantitative estimate of drug-likeness (QED) is 0.280. The van der Waals surface area contributed by atoms with E-state index in [1.165, 1.54) is 0 Å². The first-order chi connectivity index (χ1) is 17.1. The molecule has 0 spiro atoms. The van der Waals surface area contributed by atoms with E-state index < -0.39 is 0 Å². The Kier molecular flexibility index (Phi) is 5.85. The number of rotatable bonds is 5. The van der Waals surface area contributed by atoms with Gasteiger partial charge in [-0.25, -0.2) is 5.01 Å². The Morgan fingerprint density at radius 1 is 0.829 bits per heavy atom. The Balaban J connectivity index is 1.26. The van der Waals surface area contributed by atoms with Crippen molar-refractivity contribution in [3.63, 3.8) is 0 Å². The Morgan fingerprint density at radius 3 is 2.26 bits per heavy atom. The molecule has 0 amide bonds. The molecule has 174 valence electrons. The molecule has 2 aliphatic heterocycles. The molecule has 35 heavy (non-hydrogen) atoms. The van der Waals surface area contributed by atoms with Crippen molar-refractivity contribution in [2.24, 2.45) is 5.10 Å². The van der Waals surface area contributed by atoms with Gasteiger partial charge in [-0.3, -0.25) is 0 Å². The summed E-state index contributed by atoms with van der Waals surface area (Å²) in [7, 11) is 0. The number of para-hydroxylation sites is 1. The van der Waals surface area contributed by atoms with E-state index in [0.29, 0.717) is 11.6 Å². The van der Waals surface area contributed by atoms with Crippen LogP contribution in [0.2, 0.25) is 10.0 Å². The van der Waals surface area contributed by atoms with Crippen molar-refractivity contribution < 1.29 is 9.47 Å². The van der Waals surface area contributed by atoms with Gasteiger partial charge in [0.15, 0.2) is 0 Å². The minimum atomic E-state index is -0.329. The van der Waals surface area contributed by atoms with Gasteiger partial charge in [0.1, 0.15) is 18.1 Å². The van der Waals surface area contributed by atoms with Crippen LogP contribution in [0, 0.1) is 0 Å². The lowest BCUT2D eigenvalue weighted by Gasteiger charge is -2.38. The topological polar surface area (TPSA) is 34.1 Å². The van der Waals surface area contributed by atoms with Crippen molar-refractivity contribution in [1.82, 2.24) is 5.01 Å². The molecule has 6 heteroatoms. The van der Waals surface area contributed by atoms with Crippen LogP contribution in [-0.2, 0) is 6.61 Å². The van der Waals surface area contributed by atoms with Gasteiger partial charge in [0.2, 0.25) is 6.23 Å². The van der Waals surface area contributed by atoms with E-state index >= 15 is 0 Å². The summed E-state index contributed by atoms with van der Waals surface area (Å²) < 4.78 is 12.4. The Morgan fingerprint density at radius 2 is 1.51 bits per heavy atom. The number of halogens is 2. The Labute approximate surface area is 214 Å². The Hall–Kier alpha value is -3.47. The molecule has 0 radical (unpaired) electrons. The standard InChI is InChI=1S/C29H22Cl2N2O2/c30-22-11-5-19(6-12-22)18-34-24-15-9-21(10-16-24)29-33-27(25-3-1-2-4-28(25)35-29)17-26(32-33)20-7-13-23(31)14-8-20/h1-16,27,29H,17-18H2/t27-,29+/m1/s1. The molecular formula is C29H22Cl2N2O2. The zero-order valence-corrected chi connectivity index (χ0v) is 20.3. The molecule has 0 unspecified atom stereocenters. The molecule has 4 aromatic rings. The van der Waals surface area contributed by atoms with Crippen molar-refractivity contribution in [3.05, 3.63) is 129 Å². The molecule has 0 saturated heterocycles. The molecule has 0 aromatic heterocycles. The van der Waals surface area contributed by atoms with Gasteiger partial charge in [0.25, 0.3) is 0 Å². The predicted molar refractivity (Wildman–Crippen MR) is 139 cm³/mol. The molecule has 2 heterocycles. The van der Waals surface area contributed by atoms with E-state index in [1.807, 2.05) is 91.0 Å². The van der Waals surface area contributed by atoms with Crippen LogP contribution in [0.15, 0.2) is 102 Å². The third-order valence-electron chi connectivity index (χ3n) is 6.36. The van der Waals surface area contributed by atoms with Crippen LogP contribution in [0.5, 0.6) is 11.5 Å². The second kappa shape index (κ2) is 9.29. The van der Waals surface area contributed by atoms with Crippen LogP contribution in [0.4, 0.5) is 0 Å². The first-order valence-corrected chi connectivity index (χ1v) is 12.2. The van der Waals surface area contributed by atoms with E-state index in [9.17, 15) is 0 Å². The first-order valence-electron chi connectivity index (χ1n) is 11.5. The zero-order valence-electron chi connectivity index (χ0n) is 18.8. The van der Waals surface area contributed by atoms with Crippen LogP contribution in [0.25, 0.3) is 0 Å². The highest BCUT2D eigenvalue weighted by Crippen LogP contribution is 2.47. The van der Waals surface area contributed by atoms with Crippen LogP contribution in [-0.4, -0.2) is 10.7 Å². The van der Waals surface area contributed by atoms with Crippen LogP contribution in [0.3, 0.4) is 0 Å². The molecule has 4 nitrogen and oxygen atoms in total. The van der Waals surface area contributed by atoms with Crippen LogP contribution < -0.4 is 9.47 Å². The summed E-state index contributed by atoms with van der Waals surface area (Å²) in [5.74, 6) is 1.69. The van der Waals surface area contributed by atoms with Crippen LogP contribution >= 0.6 is 23.2 Å². The molecule has 2 atom stereocenters. The third kappa shape index (κ3) is 4.47. The molecule has 0 saturated carbocycles. The van der Waals surface area contributed by atoms with Gasteiger partial charge >= 0.3 is 0 Å². The second-order valence-electron chi connectivity index (χ2n) is 8.65. The van der Waals surface area contributed by atoms with E-state index in [4.69, 9.17) is 37.8 Å². The van der Waals surface area contributed by atoms with Gasteiger partial charge in [-0.05, 0) is 65.7 Å². The number of ether oxygens (including phenoxy) is 2. The fourth-order valence-corrected chi connectivity index (χ4v) is 4.80. The molecule has 0 aliphatic carbocycles. The predicted octanol–water partition coefficient (Wildman–Crippen LogP) is 7.81. The third-order valence-corrected chi connectivity index (χ3v) is 6.86. The maximum absolute atomic E-state index is 6.46. The number of hydrazone groups is 1. The van der Waals surface area contributed by atoms with E-state index in [0.717, 1.165) is 50.9 Å². The summed E-state index contributed by atoms with van der Waals surface area (Å²) in [5, 5.41) is 8.53. The average Bonchev–Trinajstić information content (AvgIpc) is 3.34. The molecule has 6 rings (SSSR count). The van der Waals surface area contributed by atoms with Gasteiger partial charge < -0.3 is 9.47 Å². The number of benzene rings is 4. The smallest absolute Gasteiger partial charge is 0.213 e. The Bertz CT molecular complexity index is 1370. The van der Waals surface area contributed by atoms with Crippen molar-refractivity contribution in [2.45, 2.75) is 25.3 Å². The van der Waals surface area contributed by atoms with Gasteiger partial charge in [0, 0.05) is 27.6 Å². The fourth-order valence-electron chi connectivity index (χ4n) is 4.55. The normalized spacial score (nSPS) is 18.3. The second-order valence-corrected chi connectivity index (χ2v) is 9.52. The highest BCUT2D eigenvalue weighted by Gasteiger charge is 2.40. The molecular weight excluding hydrogens is 479 g/mol. The van der Waals surface area contributed by atoms with E-state index in [-0.39, 0.29) is 12.3 Å². The fraction of sp³-hybridized carbons (Fsp3) is 0.138. The van der Waals surface area contributed by atoms with E-state index in [2.05, 4.69) is 11.1 Å². The molecule has 0 bridgehead atoms. The molecule has 2 aliphatic rings. The minimum absolute atomic E-state index is 0.108. The first kappa shape index (κ1) is 22.0. The van der Waals surface area contributed by atoms with Gasteiger partial charge in [-0.15, -0.1) is 0 Å². The average molecular weight is 501 g/mol. The van der Waals surface area contributed by atoms with Crippen LogP contribution in [0.1, 0.15) is 40.9 Å². The highest BCUT2D eigenvalue weighted by molar-refractivity contribution is 6.30. The summed E-state index contributed by atoms with van der Waals surface area (Å²) in [6.07, 6.45) is 0.478. The lowest BCUT2D eigenvalue weighted by molar-refractivity contribution is -0.0190. The summed E-state index contributed by atoms with van der Waals surface area (Å²) in [4.78, 5) is 0.